The largest absolute Gasteiger partial charge is 0.357 e. The maximum absolute atomic E-state index is 4.48. The van der Waals surface area contributed by atoms with E-state index in [1.165, 1.54) is 0 Å². The van der Waals surface area contributed by atoms with E-state index < -0.39 is 0 Å². The highest BCUT2D eigenvalue weighted by molar-refractivity contribution is 7.99. The Kier molecular flexibility index (Phi) is 3.88. The third-order valence-corrected chi connectivity index (χ3v) is 3.47. The minimum absolute atomic E-state index is 0.622. The number of hydrogen-bond donors (Lipinski definition) is 1. The topological polar surface area (TPSA) is 57.2 Å². The third-order valence-electron chi connectivity index (χ3n) is 2.53. The molecule has 94 valence electrons. The summed E-state index contributed by atoms with van der Waals surface area (Å²) in [6.45, 7) is 2.01. The smallest absolute Gasteiger partial charge is 0.232 e. The molecule has 0 atom stereocenters. The van der Waals surface area contributed by atoms with Gasteiger partial charge in [-0.3, -0.25) is 0 Å². The average molecular weight is 254 g/mol. The summed E-state index contributed by atoms with van der Waals surface area (Å²) in [6, 6.07) is 0. The first kappa shape index (κ1) is 12.2. The quantitative estimate of drug-likeness (QED) is 0.844. The molecule has 1 aromatic rings. The van der Waals surface area contributed by atoms with Crippen molar-refractivity contribution in [2.45, 2.75) is 0 Å². The zero-order valence-electron chi connectivity index (χ0n) is 10.5. The summed E-state index contributed by atoms with van der Waals surface area (Å²) in [7, 11) is 5.69. The Morgan fingerprint density at radius 1 is 1.18 bits per heavy atom. The molecule has 1 aliphatic rings. The highest BCUT2D eigenvalue weighted by Crippen LogP contribution is 2.18. The van der Waals surface area contributed by atoms with Crippen LogP contribution in [0.5, 0.6) is 0 Å². The number of hydrogen-bond acceptors (Lipinski definition) is 7. The normalized spacial score (nSPS) is 15.8. The van der Waals surface area contributed by atoms with Crippen LogP contribution in [0, 0.1) is 0 Å². The molecule has 0 amide bonds. The molecule has 1 aromatic heterocycles. The zero-order valence-corrected chi connectivity index (χ0v) is 11.3. The van der Waals surface area contributed by atoms with E-state index >= 15 is 0 Å². The minimum atomic E-state index is 0.622. The van der Waals surface area contributed by atoms with Gasteiger partial charge in [0, 0.05) is 45.7 Å². The van der Waals surface area contributed by atoms with Gasteiger partial charge in [0.05, 0.1) is 0 Å². The van der Waals surface area contributed by atoms with Crippen molar-refractivity contribution in [3.05, 3.63) is 0 Å². The maximum Gasteiger partial charge on any atom is 0.232 e. The monoisotopic (exact) mass is 254 g/mol. The average Bonchev–Trinajstić information content (AvgIpc) is 2.39. The molecule has 1 saturated heterocycles. The predicted molar refractivity (Wildman–Crippen MR) is 73.2 cm³/mol. The Hall–Kier alpha value is -1.24. The molecule has 0 bridgehead atoms. The summed E-state index contributed by atoms with van der Waals surface area (Å²) in [5, 5.41) is 2.98. The van der Waals surface area contributed by atoms with Crippen LogP contribution < -0.4 is 15.1 Å². The zero-order chi connectivity index (χ0) is 12.3. The van der Waals surface area contributed by atoms with Crippen LogP contribution >= 0.6 is 11.8 Å². The molecule has 2 rings (SSSR count). The summed E-state index contributed by atoms with van der Waals surface area (Å²) in [4.78, 5) is 17.3. The molecule has 0 saturated carbocycles. The molecular weight excluding hydrogens is 236 g/mol. The second-order valence-corrected chi connectivity index (χ2v) is 5.23. The van der Waals surface area contributed by atoms with Crippen molar-refractivity contribution in [2.24, 2.45) is 0 Å². The van der Waals surface area contributed by atoms with E-state index in [1.54, 1.807) is 0 Å². The summed E-state index contributed by atoms with van der Waals surface area (Å²) in [6.07, 6.45) is 0. The van der Waals surface area contributed by atoms with Crippen LogP contribution in [0.2, 0.25) is 0 Å². The fourth-order valence-corrected chi connectivity index (χ4v) is 2.47. The Labute approximate surface area is 106 Å². The minimum Gasteiger partial charge on any atom is -0.357 e. The molecule has 7 heteroatoms. The van der Waals surface area contributed by atoms with Gasteiger partial charge >= 0.3 is 0 Å². The highest BCUT2D eigenvalue weighted by Gasteiger charge is 2.16. The van der Waals surface area contributed by atoms with Crippen molar-refractivity contribution >= 4 is 29.6 Å². The van der Waals surface area contributed by atoms with Crippen molar-refractivity contribution in [1.82, 2.24) is 15.0 Å². The molecule has 1 aliphatic heterocycles. The molecule has 0 unspecified atom stereocenters. The SMILES string of the molecule is CNc1nc(N(C)C)nc(N2CCSCC2)n1. The highest BCUT2D eigenvalue weighted by atomic mass is 32.2. The van der Waals surface area contributed by atoms with Gasteiger partial charge in [-0.25, -0.2) is 0 Å². The van der Waals surface area contributed by atoms with E-state index in [1.807, 2.05) is 37.8 Å². The van der Waals surface area contributed by atoms with Crippen LogP contribution in [-0.4, -0.2) is 60.7 Å². The summed E-state index contributed by atoms with van der Waals surface area (Å²) in [5.41, 5.74) is 0. The lowest BCUT2D eigenvalue weighted by molar-refractivity contribution is 0.802. The van der Waals surface area contributed by atoms with Gasteiger partial charge in [0.15, 0.2) is 0 Å². The van der Waals surface area contributed by atoms with E-state index in [4.69, 9.17) is 0 Å². The number of rotatable bonds is 3. The molecule has 17 heavy (non-hydrogen) atoms. The number of nitrogens with one attached hydrogen (secondary N) is 1. The molecule has 1 N–H and O–H groups in total. The van der Waals surface area contributed by atoms with Gasteiger partial charge < -0.3 is 15.1 Å². The lowest BCUT2D eigenvalue weighted by atomic mass is 10.5. The van der Waals surface area contributed by atoms with Gasteiger partial charge in [-0.2, -0.15) is 26.7 Å². The van der Waals surface area contributed by atoms with Crippen LogP contribution in [0.4, 0.5) is 17.8 Å². The first-order valence-electron chi connectivity index (χ1n) is 5.64. The van der Waals surface area contributed by atoms with Crippen molar-refractivity contribution in [1.29, 1.82) is 0 Å². The Morgan fingerprint density at radius 2 is 1.88 bits per heavy atom. The molecule has 0 aliphatic carbocycles. The van der Waals surface area contributed by atoms with E-state index in [-0.39, 0.29) is 0 Å². The van der Waals surface area contributed by atoms with Crippen molar-refractivity contribution in [3.8, 4) is 0 Å². The van der Waals surface area contributed by atoms with Crippen molar-refractivity contribution in [3.63, 3.8) is 0 Å². The summed E-state index contributed by atoms with van der Waals surface area (Å²) in [5.74, 6) is 4.36. The van der Waals surface area contributed by atoms with Crippen LogP contribution in [0.1, 0.15) is 0 Å². The molecule has 6 nitrogen and oxygen atoms in total. The second kappa shape index (κ2) is 5.39. The van der Waals surface area contributed by atoms with Crippen LogP contribution in [0.25, 0.3) is 0 Å². The number of anilines is 3. The fraction of sp³-hybridized carbons (Fsp3) is 0.700. The van der Waals surface area contributed by atoms with Gasteiger partial charge in [0.2, 0.25) is 17.8 Å². The summed E-state index contributed by atoms with van der Waals surface area (Å²) < 4.78 is 0. The Morgan fingerprint density at radius 3 is 2.47 bits per heavy atom. The Balaban J connectivity index is 2.28. The lowest BCUT2D eigenvalue weighted by Crippen LogP contribution is -2.34. The van der Waals surface area contributed by atoms with Crippen LogP contribution in [-0.2, 0) is 0 Å². The maximum atomic E-state index is 4.48. The number of thioether (sulfide) groups is 1. The molecule has 0 spiro atoms. The van der Waals surface area contributed by atoms with Crippen LogP contribution in [0.15, 0.2) is 0 Å². The third kappa shape index (κ3) is 2.91. The molecule has 0 aromatic carbocycles. The number of nitrogens with zero attached hydrogens (tertiary/aromatic N) is 5. The standard InChI is InChI=1S/C10H18N6S/c1-11-8-12-9(15(2)3)14-10(13-8)16-4-6-17-7-5-16/h4-7H2,1-3H3,(H,11,12,13,14). The second-order valence-electron chi connectivity index (χ2n) is 4.00. The van der Waals surface area contributed by atoms with Gasteiger partial charge in [-0.1, -0.05) is 0 Å². The first-order valence-corrected chi connectivity index (χ1v) is 6.80. The fourth-order valence-electron chi connectivity index (χ4n) is 1.57. The lowest BCUT2D eigenvalue weighted by Gasteiger charge is -2.27. The first-order chi connectivity index (χ1) is 8.20. The van der Waals surface area contributed by atoms with Crippen LogP contribution in [0.3, 0.4) is 0 Å². The molecule has 1 fully saturated rings. The van der Waals surface area contributed by atoms with E-state index in [9.17, 15) is 0 Å². The van der Waals surface area contributed by atoms with Gasteiger partial charge in [0.25, 0.3) is 0 Å². The molecule has 2 heterocycles. The molecule has 0 radical (unpaired) electrons. The Bertz CT molecular complexity index is 377. The molecular formula is C10H18N6S. The van der Waals surface area contributed by atoms with Gasteiger partial charge in [-0.05, 0) is 0 Å². The van der Waals surface area contributed by atoms with E-state index in [2.05, 4.69) is 25.2 Å². The van der Waals surface area contributed by atoms with Crippen molar-refractivity contribution < 1.29 is 0 Å². The van der Waals surface area contributed by atoms with E-state index in [0.717, 1.165) is 30.5 Å². The van der Waals surface area contributed by atoms with E-state index in [0.29, 0.717) is 11.9 Å². The summed E-state index contributed by atoms with van der Waals surface area (Å²) >= 11 is 1.97. The van der Waals surface area contributed by atoms with Gasteiger partial charge in [0.1, 0.15) is 0 Å². The predicted octanol–water partition coefficient (Wildman–Crippen LogP) is 0.532. The van der Waals surface area contributed by atoms with Crippen molar-refractivity contribution in [2.75, 3.05) is 60.9 Å². The number of aromatic nitrogens is 3. The van der Waals surface area contributed by atoms with Gasteiger partial charge in [-0.15, -0.1) is 0 Å².